The number of sulfonamides is 1. The molecule has 1 fully saturated rings. The average Bonchev–Trinajstić information content (AvgIpc) is 3.32. The van der Waals surface area contributed by atoms with E-state index in [4.69, 9.17) is 15.2 Å². The van der Waals surface area contributed by atoms with Gasteiger partial charge in [0.15, 0.2) is 5.79 Å². The van der Waals surface area contributed by atoms with E-state index in [1.54, 1.807) is 123 Å². The molecule has 6 nitrogen and oxygen atoms in total. The van der Waals surface area contributed by atoms with Crippen LogP contribution in [0.4, 0.5) is 13.2 Å². The Kier molecular flexibility index (Phi) is 7.80. The molecule has 0 spiro atoms. The highest BCUT2D eigenvalue weighted by Crippen LogP contribution is 2.50. The number of ether oxygens (including phenoxy) is 2. The predicted octanol–water partition coefficient (Wildman–Crippen LogP) is 5.79. The van der Waals surface area contributed by atoms with Gasteiger partial charge in [0.05, 0.1) is 5.54 Å². The molecular formula is C32H31F3N2O4S. The number of nitrogens with two attached hydrogens (primary N) is 1. The molecule has 1 aliphatic rings. The largest absolute Gasteiger partial charge is 0.511 e. The van der Waals surface area contributed by atoms with E-state index in [1.807, 2.05) is 12.1 Å². The van der Waals surface area contributed by atoms with Crippen molar-refractivity contribution in [1.29, 1.82) is 0 Å². The summed E-state index contributed by atoms with van der Waals surface area (Å²) in [7, 11) is -5.95. The number of alkyl halides is 3. The molecule has 0 unspecified atom stereocenters. The number of nitrogens with one attached hydrogen (secondary N) is 1. The molecule has 3 N–H and O–H groups in total. The fourth-order valence-electron chi connectivity index (χ4n) is 5.68. The van der Waals surface area contributed by atoms with Crippen molar-refractivity contribution in [2.45, 2.75) is 48.4 Å². The summed E-state index contributed by atoms with van der Waals surface area (Å²) in [6.07, 6.45) is -2.60. The normalized spacial score (nSPS) is 19.5. The monoisotopic (exact) mass is 596 g/mol. The molecule has 0 saturated carbocycles. The van der Waals surface area contributed by atoms with E-state index < -0.39 is 44.6 Å². The Morgan fingerprint density at radius 1 is 0.643 bits per heavy atom. The smallest absolute Gasteiger partial charge is 0.342 e. The summed E-state index contributed by atoms with van der Waals surface area (Å²) >= 11 is 0. The third-order valence-electron chi connectivity index (χ3n) is 7.53. The van der Waals surface area contributed by atoms with Crippen LogP contribution in [0.15, 0.2) is 121 Å². The van der Waals surface area contributed by atoms with Crippen molar-refractivity contribution < 1.29 is 31.1 Å². The van der Waals surface area contributed by atoms with E-state index in [1.165, 1.54) is 0 Å². The number of hydrogen-bond acceptors (Lipinski definition) is 5. The summed E-state index contributed by atoms with van der Waals surface area (Å²) in [6, 6.07) is 34.1. The zero-order chi connectivity index (χ0) is 30.2. The molecule has 4 aromatic rings. The fourth-order valence-corrected chi connectivity index (χ4v) is 6.57. The molecule has 0 amide bonds. The molecule has 1 heterocycles. The van der Waals surface area contributed by atoms with Gasteiger partial charge in [-0.25, -0.2) is 8.42 Å². The zero-order valence-electron chi connectivity index (χ0n) is 23.0. The quantitative estimate of drug-likeness (QED) is 0.269. The molecule has 220 valence electrons. The average molecular weight is 597 g/mol. The summed E-state index contributed by atoms with van der Waals surface area (Å²) in [5.41, 5.74) is -0.280. The molecule has 10 heteroatoms. The molecule has 42 heavy (non-hydrogen) atoms. The highest BCUT2D eigenvalue weighted by molar-refractivity contribution is 7.90. The van der Waals surface area contributed by atoms with Crippen LogP contribution >= 0.6 is 0 Å². The summed E-state index contributed by atoms with van der Waals surface area (Å²) in [5.74, 6) is -1.37. The minimum Gasteiger partial charge on any atom is -0.342 e. The molecule has 0 radical (unpaired) electrons. The molecule has 5 rings (SSSR count). The van der Waals surface area contributed by atoms with Crippen LogP contribution < -0.4 is 10.5 Å². The van der Waals surface area contributed by atoms with Crippen molar-refractivity contribution in [3.05, 3.63) is 144 Å². The van der Waals surface area contributed by atoms with Crippen molar-refractivity contribution in [3.8, 4) is 0 Å². The van der Waals surface area contributed by atoms with Crippen molar-refractivity contribution in [3.63, 3.8) is 0 Å². The van der Waals surface area contributed by atoms with Gasteiger partial charge in [-0.2, -0.15) is 17.9 Å². The van der Waals surface area contributed by atoms with E-state index in [0.717, 1.165) is 0 Å². The Labute approximate surface area is 243 Å². The van der Waals surface area contributed by atoms with Gasteiger partial charge < -0.3 is 15.2 Å². The lowest BCUT2D eigenvalue weighted by Crippen LogP contribution is -2.64. The van der Waals surface area contributed by atoms with E-state index in [9.17, 15) is 21.6 Å². The van der Waals surface area contributed by atoms with E-state index in [-0.39, 0.29) is 11.1 Å². The van der Waals surface area contributed by atoms with Crippen molar-refractivity contribution in [1.82, 2.24) is 4.72 Å². The molecular weight excluding hydrogens is 565 g/mol. The van der Waals surface area contributed by atoms with Crippen LogP contribution in [-0.4, -0.2) is 31.9 Å². The minimum absolute atomic E-state index is 0.212. The molecule has 1 aliphatic heterocycles. The van der Waals surface area contributed by atoms with Crippen LogP contribution in [0.25, 0.3) is 0 Å². The second-order valence-corrected chi connectivity index (χ2v) is 12.3. The van der Waals surface area contributed by atoms with Crippen LogP contribution in [0.2, 0.25) is 0 Å². The van der Waals surface area contributed by atoms with Crippen LogP contribution in [0.5, 0.6) is 0 Å². The molecule has 4 aromatic carbocycles. The number of hydrogen-bond donors (Lipinski definition) is 2. The van der Waals surface area contributed by atoms with Gasteiger partial charge >= 0.3 is 15.5 Å². The summed E-state index contributed by atoms with van der Waals surface area (Å²) in [4.78, 5) is 0. The SMILES string of the molecule is CC1(C)O[C@@H](C(N)(c2ccccc2)c2ccccc2)[C@H](C(NS(=O)(=O)C(F)(F)F)(c2ccccc2)c2ccccc2)O1. The molecule has 0 aromatic heterocycles. The second-order valence-electron chi connectivity index (χ2n) is 10.7. The first-order valence-electron chi connectivity index (χ1n) is 13.3. The lowest BCUT2D eigenvalue weighted by molar-refractivity contribution is -0.155. The topological polar surface area (TPSA) is 90.6 Å². The van der Waals surface area contributed by atoms with Crippen LogP contribution in [0, 0.1) is 0 Å². The Morgan fingerprint density at radius 3 is 1.33 bits per heavy atom. The van der Waals surface area contributed by atoms with E-state index in [0.29, 0.717) is 11.1 Å². The van der Waals surface area contributed by atoms with Crippen molar-refractivity contribution >= 4 is 10.0 Å². The fraction of sp³-hybridized carbons (Fsp3) is 0.250. The van der Waals surface area contributed by atoms with Gasteiger partial charge in [0.2, 0.25) is 0 Å². The number of halogens is 3. The van der Waals surface area contributed by atoms with E-state index in [2.05, 4.69) is 4.72 Å². The van der Waals surface area contributed by atoms with Crippen LogP contribution in [0.1, 0.15) is 36.1 Å². The van der Waals surface area contributed by atoms with Crippen molar-refractivity contribution in [2.75, 3.05) is 0 Å². The third-order valence-corrected chi connectivity index (χ3v) is 8.73. The maximum absolute atomic E-state index is 14.1. The van der Waals surface area contributed by atoms with Crippen LogP contribution in [-0.2, 0) is 30.6 Å². The Hall–Kier alpha value is -3.54. The van der Waals surface area contributed by atoms with E-state index >= 15 is 0 Å². The summed E-state index contributed by atoms with van der Waals surface area (Å²) < 4.78 is 83.6. The summed E-state index contributed by atoms with van der Waals surface area (Å²) in [6.45, 7) is 3.24. The first kappa shape index (κ1) is 29.9. The van der Waals surface area contributed by atoms with Gasteiger partial charge in [-0.05, 0) is 36.1 Å². The maximum Gasteiger partial charge on any atom is 0.511 e. The van der Waals surface area contributed by atoms with Crippen molar-refractivity contribution in [2.24, 2.45) is 5.73 Å². The molecule has 0 aliphatic carbocycles. The summed E-state index contributed by atoms with van der Waals surface area (Å²) in [5, 5.41) is 0. The lowest BCUT2D eigenvalue weighted by atomic mass is 9.69. The first-order chi connectivity index (χ1) is 19.8. The highest BCUT2D eigenvalue weighted by Gasteiger charge is 2.63. The zero-order valence-corrected chi connectivity index (χ0v) is 23.8. The Morgan fingerprint density at radius 2 is 0.976 bits per heavy atom. The van der Waals surface area contributed by atoms with Gasteiger partial charge in [0.1, 0.15) is 17.7 Å². The van der Waals surface area contributed by atoms with Gasteiger partial charge in [0, 0.05) is 0 Å². The Balaban J connectivity index is 1.87. The lowest BCUT2D eigenvalue weighted by Gasteiger charge is -2.46. The predicted molar refractivity (Wildman–Crippen MR) is 153 cm³/mol. The number of rotatable bonds is 8. The van der Waals surface area contributed by atoms with Gasteiger partial charge in [-0.15, -0.1) is 0 Å². The minimum atomic E-state index is -5.95. The van der Waals surface area contributed by atoms with Crippen LogP contribution in [0.3, 0.4) is 0 Å². The standard InChI is InChI=1S/C32H31F3N2O4S/c1-29(2)40-27(30(36,23-15-7-3-8-16-23)24-17-9-4-10-18-24)28(41-29)31(25-19-11-5-12-20-25,26-21-13-6-14-22-26)37-42(38,39)32(33,34)35/h3-22,27-28,37H,36H2,1-2H3/t27-,28-/m1/s1. The Bertz CT molecular complexity index is 1520. The maximum atomic E-state index is 14.1. The highest BCUT2D eigenvalue weighted by atomic mass is 32.2. The molecule has 0 bridgehead atoms. The van der Waals surface area contributed by atoms with Gasteiger partial charge in [-0.1, -0.05) is 121 Å². The van der Waals surface area contributed by atoms with Gasteiger partial charge in [-0.3, -0.25) is 0 Å². The number of benzene rings is 4. The second kappa shape index (κ2) is 10.9. The molecule has 2 atom stereocenters. The first-order valence-corrected chi connectivity index (χ1v) is 14.8. The third kappa shape index (κ3) is 5.25. The molecule has 1 saturated heterocycles. The van der Waals surface area contributed by atoms with Gasteiger partial charge in [0.25, 0.3) is 0 Å².